The highest BCUT2D eigenvalue weighted by Crippen LogP contribution is 2.23. The third-order valence-electron chi connectivity index (χ3n) is 5.36. The normalized spacial score (nSPS) is 13.7. The smallest absolute Gasteiger partial charge is 0.261 e. The Morgan fingerprint density at radius 2 is 1.61 bits per heavy atom. The maximum absolute atomic E-state index is 14.1. The van der Waals surface area contributed by atoms with Gasteiger partial charge in [0.2, 0.25) is 11.8 Å². The topological polar surface area (TPSA) is 86.8 Å². The average Bonchev–Trinajstić information content (AvgIpc) is 3.02. The molecule has 1 aliphatic heterocycles. The molecule has 0 aliphatic carbocycles. The number of hydrogen-bond donors (Lipinski definition) is 1. The number of likely N-dealkylation sites (N-methyl/N-ethyl adjacent to an activating group) is 1. The molecule has 3 rings (SSSR count). The van der Waals surface area contributed by atoms with Crippen molar-refractivity contribution in [3.05, 3.63) is 71.0 Å². The SMILES string of the molecule is CNC(=O)C(C)N(Cc1ccccc1F)C(=O)CCCN1C(=O)c2ccccc2C1=O. The molecule has 1 unspecified atom stereocenters. The van der Waals surface area contributed by atoms with Crippen molar-refractivity contribution in [1.29, 1.82) is 0 Å². The molecule has 1 aliphatic rings. The van der Waals surface area contributed by atoms with Crippen LogP contribution >= 0.6 is 0 Å². The Morgan fingerprint density at radius 3 is 2.19 bits per heavy atom. The maximum Gasteiger partial charge on any atom is 0.261 e. The van der Waals surface area contributed by atoms with Gasteiger partial charge in [-0.25, -0.2) is 4.39 Å². The van der Waals surface area contributed by atoms with Gasteiger partial charge in [-0.15, -0.1) is 0 Å². The highest BCUT2D eigenvalue weighted by Gasteiger charge is 2.35. The summed E-state index contributed by atoms with van der Waals surface area (Å²) in [6.45, 7) is 1.59. The van der Waals surface area contributed by atoms with Crippen molar-refractivity contribution in [2.24, 2.45) is 0 Å². The van der Waals surface area contributed by atoms with E-state index in [1.807, 2.05) is 0 Å². The van der Waals surface area contributed by atoms with Crippen molar-refractivity contribution in [2.75, 3.05) is 13.6 Å². The van der Waals surface area contributed by atoms with Crippen molar-refractivity contribution >= 4 is 23.6 Å². The molecule has 2 aromatic rings. The molecule has 0 aromatic heterocycles. The van der Waals surface area contributed by atoms with E-state index in [1.54, 1.807) is 49.4 Å². The van der Waals surface area contributed by atoms with Gasteiger partial charge in [0.1, 0.15) is 11.9 Å². The van der Waals surface area contributed by atoms with Crippen LogP contribution in [-0.4, -0.2) is 53.1 Å². The lowest BCUT2D eigenvalue weighted by Crippen LogP contribution is -2.47. The number of nitrogens with zero attached hydrogens (tertiary/aromatic N) is 2. The second kappa shape index (κ2) is 9.51. The van der Waals surface area contributed by atoms with Crippen LogP contribution in [0, 0.1) is 5.82 Å². The predicted molar refractivity (Wildman–Crippen MR) is 112 cm³/mol. The number of halogens is 1. The van der Waals surface area contributed by atoms with Crippen LogP contribution < -0.4 is 5.32 Å². The number of fused-ring (bicyclic) bond motifs is 1. The number of nitrogens with one attached hydrogen (secondary N) is 1. The summed E-state index contributed by atoms with van der Waals surface area (Å²) in [6.07, 6.45) is 0.238. The minimum Gasteiger partial charge on any atom is -0.357 e. The number of imide groups is 1. The van der Waals surface area contributed by atoms with Crippen molar-refractivity contribution in [2.45, 2.75) is 32.4 Å². The van der Waals surface area contributed by atoms with E-state index in [-0.39, 0.29) is 49.6 Å². The van der Waals surface area contributed by atoms with Gasteiger partial charge in [-0.3, -0.25) is 24.1 Å². The van der Waals surface area contributed by atoms with Gasteiger partial charge in [0, 0.05) is 32.1 Å². The molecule has 1 N–H and O–H groups in total. The fraction of sp³-hybridized carbons (Fsp3) is 0.304. The van der Waals surface area contributed by atoms with Crippen molar-refractivity contribution in [3.8, 4) is 0 Å². The van der Waals surface area contributed by atoms with Crippen LogP contribution in [0.5, 0.6) is 0 Å². The van der Waals surface area contributed by atoms with E-state index in [0.717, 1.165) is 4.90 Å². The first-order valence-corrected chi connectivity index (χ1v) is 10.0. The zero-order valence-electron chi connectivity index (χ0n) is 17.4. The number of hydrogen-bond acceptors (Lipinski definition) is 4. The van der Waals surface area contributed by atoms with E-state index in [0.29, 0.717) is 16.7 Å². The summed E-state index contributed by atoms with van der Waals surface area (Å²) < 4.78 is 14.1. The summed E-state index contributed by atoms with van der Waals surface area (Å²) in [5.74, 6) is -1.96. The zero-order chi connectivity index (χ0) is 22.5. The summed E-state index contributed by atoms with van der Waals surface area (Å²) in [5.41, 5.74) is 1.01. The fourth-order valence-corrected chi connectivity index (χ4v) is 3.58. The first-order valence-electron chi connectivity index (χ1n) is 10.0. The maximum atomic E-state index is 14.1. The Hall–Kier alpha value is -3.55. The Morgan fingerprint density at radius 1 is 1.03 bits per heavy atom. The summed E-state index contributed by atoms with van der Waals surface area (Å²) in [7, 11) is 1.47. The third-order valence-corrected chi connectivity index (χ3v) is 5.36. The number of carbonyl (C=O) groups excluding carboxylic acids is 4. The summed E-state index contributed by atoms with van der Waals surface area (Å²) in [6, 6.07) is 11.8. The summed E-state index contributed by atoms with van der Waals surface area (Å²) in [5, 5.41) is 2.50. The molecular formula is C23H24FN3O4. The van der Waals surface area contributed by atoms with Gasteiger partial charge in [-0.05, 0) is 31.5 Å². The molecule has 0 radical (unpaired) electrons. The van der Waals surface area contributed by atoms with Crippen LogP contribution in [0.3, 0.4) is 0 Å². The van der Waals surface area contributed by atoms with Crippen LogP contribution in [0.2, 0.25) is 0 Å². The van der Waals surface area contributed by atoms with Gasteiger partial charge in [-0.2, -0.15) is 0 Å². The van der Waals surface area contributed by atoms with Gasteiger partial charge in [0.25, 0.3) is 11.8 Å². The minimum atomic E-state index is -0.809. The lowest BCUT2D eigenvalue weighted by molar-refractivity contribution is -0.140. The minimum absolute atomic E-state index is 0.00317. The lowest BCUT2D eigenvalue weighted by atomic mass is 10.1. The van der Waals surface area contributed by atoms with E-state index < -0.39 is 11.9 Å². The van der Waals surface area contributed by atoms with Crippen LogP contribution in [-0.2, 0) is 16.1 Å². The second-order valence-electron chi connectivity index (χ2n) is 7.31. The highest BCUT2D eigenvalue weighted by molar-refractivity contribution is 6.21. The lowest BCUT2D eigenvalue weighted by Gasteiger charge is -2.28. The highest BCUT2D eigenvalue weighted by atomic mass is 19.1. The first-order chi connectivity index (χ1) is 14.8. The van der Waals surface area contributed by atoms with Gasteiger partial charge >= 0.3 is 0 Å². The van der Waals surface area contributed by atoms with E-state index in [4.69, 9.17) is 0 Å². The molecule has 31 heavy (non-hydrogen) atoms. The molecule has 0 saturated carbocycles. The van der Waals surface area contributed by atoms with Crippen molar-refractivity contribution < 1.29 is 23.6 Å². The van der Waals surface area contributed by atoms with Crippen molar-refractivity contribution in [1.82, 2.24) is 15.1 Å². The molecule has 8 heteroatoms. The molecule has 0 spiro atoms. The van der Waals surface area contributed by atoms with E-state index in [1.165, 1.54) is 18.0 Å². The van der Waals surface area contributed by atoms with E-state index in [2.05, 4.69) is 5.32 Å². The summed E-state index contributed by atoms with van der Waals surface area (Å²) >= 11 is 0. The molecule has 2 aromatic carbocycles. The average molecular weight is 425 g/mol. The molecule has 7 nitrogen and oxygen atoms in total. The number of amides is 4. The molecule has 0 bridgehead atoms. The zero-order valence-corrected chi connectivity index (χ0v) is 17.4. The Labute approximate surface area is 179 Å². The number of rotatable bonds is 8. The van der Waals surface area contributed by atoms with Gasteiger partial charge in [0.15, 0.2) is 0 Å². The second-order valence-corrected chi connectivity index (χ2v) is 7.31. The Balaban J connectivity index is 1.67. The summed E-state index contributed by atoms with van der Waals surface area (Å²) in [4.78, 5) is 52.4. The van der Waals surface area contributed by atoms with Crippen LogP contribution in [0.15, 0.2) is 48.5 Å². The molecule has 1 heterocycles. The van der Waals surface area contributed by atoms with Gasteiger partial charge in [0.05, 0.1) is 11.1 Å². The van der Waals surface area contributed by atoms with Crippen LogP contribution in [0.1, 0.15) is 46.0 Å². The van der Waals surface area contributed by atoms with E-state index in [9.17, 15) is 23.6 Å². The van der Waals surface area contributed by atoms with Gasteiger partial charge in [-0.1, -0.05) is 30.3 Å². The molecular weight excluding hydrogens is 401 g/mol. The van der Waals surface area contributed by atoms with Crippen LogP contribution in [0.25, 0.3) is 0 Å². The third kappa shape index (κ3) is 4.63. The Kier molecular flexibility index (Phi) is 6.79. The monoisotopic (exact) mass is 425 g/mol. The molecule has 1 atom stereocenters. The first kappa shape index (κ1) is 22.1. The van der Waals surface area contributed by atoms with E-state index >= 15 is 0 Å². The van der Waals surface area contributed by atoms with Crippen LogP contribution in [0.4, 0.5) is 4.39 Å². The predicted octanol–water partition coefficient (Wildman–Crippen LogP) is 2.37. The fourth-order valence-electron chi connectivity index (χ4n) is 3.58. The quantitative estimate of drug-likeness (QED) is 0.658. The molecule has 162 valence electrons. The standard InChI is InChI=1S/C23H24FN3O4/c1-15(21(29)25-2)27(14-16-8-3-6-11-19(16)24)20(28)12-7-13-26-22(30)17-9-4-5-10-18(17)23(26)31/h3-6,8-11,15H,7,12-14H2,1-2H3,(H,25,29). The van der Waals surface area contributed by atoms with Crippen molar-refractivity contribution in [3.63, 3.8) is 0 Å². The molecule has 0 saturated heterocycles. The van der Waals surface area contributed by atoms with Gasteiger partial charge < -0.3 is 10.2 Å². The largest absolute Gasteiger partial charge is 0.357 e. The number of benzene rings is 2. The molecule has 4 amide bonds. The molecule has 0 fully saturated rings. The number of carbonyl (C=O) groups is 4. The Bertz CT molecular complexity index is 988.